The molecule has 0 radical (unpaired) electrons. The second-order valence-electron chi connectivity index (χ2n) is 2.80. The van der Waals surface area contributed by atoms with Crippen LogP contribution < -0.4 is 0 Å². The normalized spacial score (nSPS) is 12.7. The molecule has 0 heterocycles. The molecule has 4 nitrogen and oxygen atoms in total. The molecule has 0 aliphatic carbocycles. The van der Waals surface area contributed by atoms with E-state index in [0.29, 0.717) is 0 Å². The van der Waals surface area contributed by atoms with Crippen molar-refractivity contribution in [2.75, 3.05) is 6.26 Å². The summed E-state index contributed by atoms with van der Waals surface area (Å²) in [5.74, 6) is -1.00. The summed E-state index contributed by atoms with van der Waals surface area (Å²) >= 11 is 2.28. The van der Waals surface area contributed by atoms with Crippen LogP contribution in [0.4, 0.5) is 4.39 Å². The molecule has 0 saturated carbocycles. The van der Waals surface area contributed by atoms with Crippen LogP contribution in [0.25, 0.3) is 0 Å². The Labute approximate surface area is 94.2 Å². The van der Waals surface area contributed by atoms with Crippen LogP contribution in [0.5, 0.6) is 0 Å². The van der Waals surface area contributed by atoms with Crippen molar-refractivity contribution < 1.29 is 21.2 Å². The summed E-state index contributed by atoms with van der Waals surface area (Å²) in [6.07, 6.45) is 0.908. The fourth-order valence-corrected chi connectivity index (χ4v) is 2.94. The Hall–Kier alpha value is -0.470. The van der Waals surface area contributed by atoms with Crippen LogP contribution in [-0.4, -0.2) is 23.1 Å². The average molecular weight is 317 g/mol. The lowest BCUT2D eigenvalue weighted by Gasteiger charge is -2.02. The number of rotatable bonds is 2. The molecular weight excluding hydrogens is 311 g/mol. The van der Waals surface area contributed by atoms with Gasteiger partial charge in [-0.15, -0.1) is 0 Å². The standard InChI is InChI=1S/C7H6BrFO4S2/c1-14(10,11)5-2-3-6(9)7(4-5)15(8,12)13/h2-4H,1H3. The van der Waals surface area contributed by atoms with E-state index >= 15 is 0 Å². The highest BCUT2D eigenvalue weighted by Gasteiger charge is 2.19. The van der Waals surface area contributed by atoms with Gasteiger partial charge in [0.05, 0.1) is 19.7 Å². The quantitative estimate of drug-likeness (QED) is 0.609. The van der Waals surface area contributed by atoms with Crippen molar-refractivity contribution in [3.8, 4) is 0 Å². The molecule has 0 saturated heterocycles. The van der Waals surface area contributed by atoms with Crippen molar-refractivity contribution in [2.45, 2.75) is 9.79 Å². The maximum atomic E-state index is 13.0. The van der Waals surface area contributed by atoms with Gasteiger partial charge in [-0.3, -0.25) is 0 Å². The summed E-state index contributed by atoms with van der Waals surface area (Å²) in [4.78, 5) is -0.938. The molecule has 15 heavy (non-hydrogen) atoms. The van der Waals surface area contributed by atoms with E-state index in [-0.39, 0.29) is 4.90 Å². The third kappa shape index (κ3) is 2.99. The van der Waals surface area contributed by atoms with Crippen LogP contribution in [0.2, 0.25) is 0 Å². The van der Waals surface area contributed by atoms with Crippen LogP contribution >= 0.6 is 14.8 Å². The number of hydrogen-bond acceptors (Lipinski definition) is 4. The van der Waals surface area contributed by atoms with Crippen molar-refractivity contribution in [1.82, 2.24) is 0 Å². The van der Waals surface area contributed by atoms with Crippen molar-refractivity contribution in [3.05, 3.63) is 24.0 Å². The molecule has 0 unspecified atom stereocenters. The lowest BCUT2D eigenvalue weighted by Crippen LogP contribution is -2.01. The minimum absolute atomic E-state index is 0.248. The van der Waals surface area contributed by atoms with E-state index in [1.807, 2.05) is 0 Å². The zero-order valence-electron chi connectivity index (χ0n) is 7.44. The van der Waals surface area contributed by atoms with E-state index in [2.05, 4.69) is 14.8 Å². The first-order valence-electron chi connectivity index (χ1n) is 3.56. The lowest BCUT2D eigenvalue weighted by molar-refractivity contribution is 0.573. The maximum Gasteiger partial charge on any atom is 0.240 e. The third-order valence-electron chi connectivity index (χ3n) is 1.59. The fraction of sp³-hybridized carbons (Fsp3) is 0.143. The first-order valence-corrected chi connectivity index (χ1v) is 8.78. The predicted molar refractivity (Wildman–Crippen MR) is 55.6 cm³/mol. The zero-order chi connectivity index (χ0) is 11.9. The van der Waals surface area contributed by atoms with Gasteiger partial charge < -0.3 is 0 Å². The molecule has 0 atom stereocenters. The van der Waals surface area contributed by atoms with Gasteiger partial charge in [0.1, 0.15) is 10.7 Å². The molecule has 0 bridgehead atoms. The van der Waals surface area contributed by atoms with Crippen LogP contribution in [0.3, 0.4) is 0 Å². The topological polar surface area (TPSA) is 68.3 Å². The van der Waals surface area contributed by atoms with Crippen LogP contribution in [-0.2, 0) is 18.1 Å². The van der Waals surface area contributed by atoms with Crippen LogP contribution in [0, 0.1) is 5.82 Å². The van der Waals surface area contributed by atoms with Gasteiger partial charge in [-0.1, -0.05) is 0 Å². The molecular formula is C7H6BrFO4S2. The molecule has 0 aromatic heterocycles. The zero-order valence-corrected chi connectivity index (χ0v) is 10.7. The second kappa shape index (κ2) is 3.84. The molecule has 1 aromatic rings. The van der Waals surface area contributed by atoms with Gasteiger partial charge in [0.25, 0.3) is 0 Å². The molecule has 0 fully saturated rings. The van der Waals surface area contributed by atoms with Crippen molar-refractivity contribution in [1.29, 1.82) is 0 Å². The smallest absolute Gasteiger partial charge is 0.224 e. The highest BCUT2D eigenvalue weighted by Crippen LogP contribution is 2.23. The molecule has 1 aromatic carbocycles. The highest BCUT2D eigenvalue weighted by molar-refractivity contribution is 9.47. The van der Waals surface area contributed by atoms with Gasteiger partial charge in [-0.25, -0.2) is 21.2 Å². The Morgan fingerprint density at radius 2 is 1.73 bits per heavy atom. The summed E-state index contributed by atoms with van der Waals surface area (Å²) in [6.45, 7) is 0. The molecule has 0 aliphatic rings. The van der Waals surface area contributed by atoms with E-state index in [0.717, 1.165) is 24.5 Å². The largest absolute Gasteiger partial charge is 0.240 e. The van der Waals surface area contributed by atoms with Gasteiger partial charge in [0.15, 0.2) is 9.84 Å². The minimum Gasteiger partial charge on any atom is -0.224 e. The monoisotopic (exact) mass is 316 g/mol. The summed E-state index contributed by atoms with van der Waals surface area (Å²) in [5, 5.41) is 0. The maximum absolute atomic E-state index is 13.0. The molecule has 0 amide bonds. The Morgan fingerprint density at radius 1 is 1.20 bits per heavy atom. The van der Waals surface area contributed by atoms with E-state index < -0.39 is 28.8 Å². The molecule has 0 aliphatic heterocycles. The van der Waals surface area contributed by atoms with Gasteiger partial charge in [0.2, 0.25) is 8.27 Å². The van der Waals surface area contributed by atoms with Gasteiger partial charge >= 0.3 is 0 Å². The van der Waals surface area contributed by atoms with E-state index in [1.54, 1.807) is 0 Å². The Kier molecular flexibility index (Phi) is 3.22. The van der Waals surface area contributed by atoms with Crippen molar-refractivity contribution in [3.63, 3.8) is 0 Å². The van der Waals surface area contributed by atoms with E-state index in [9.17, 15) is 21.2 Å². The first kappa shape index (κ1) is 12.6. The first-order chi connectivity index (χ1) is 6.62. The summed E-state index contributed by atoms with van der Waals surface area (Å²) < 4.78 is 57.3. The third-order valence-corrected chi connectivity index (χ3v) is 4.59. The molecule has 1 rings (SSSR count). The van der Waals surface area contributed by atoms with E-state index in [1.165, 1.54) is 0 Å². The van der Waals surface area contributed by atoms with Crippen LogP contribution in [0.1, 0.15) is 0 Å². The summed E-state index contributed by atoms with van der Waals surface area (Å²) in [7, 11) is -7.50. The molecule has 0 spiro atoms. The number of halogens is 2. The summed E-state index contributed by atoms with van der Waals surface area (Å²) in [6, 6.07) is 2.58. The SMILES string of the molecule is CS(=O)(=O)c1ccc(F)c(S(=O)(=O)Br)c1. The Bertz CT molecular complexity index is 591. The molecule has 0 N–H and O–H groups in total. The van der Waals surface area contributed by atoms with Crippen molar-refractivity contribution in [2.24, 2.45) is 0 Å². The Morgan fingerprint density at radius 3 is 2.13 bits per heavy atom. The number of benzene rings is 1. The van der Waals surface area contributed by atoms with Crippen LogP contribution in [0.15, 0.2) is 28.0 Å². The Balaban J connectivity index is 3.57. The van der Waals surface area contributed by atoms with Crippen molar-refractivity contribution >= 4 is 32.9 Å². The van der Waals surface area contributed by atoms with E-state index in [4.69, 9.17) is 0 Å². The average Bonchev–Trinajstić information content (AvgIpc) is 2.00. The van der Waals surface area contributed by atoms with Gasteiger partial charge in [-0.05, 0) is 18.2 Å². The fourth-order valence-electron chi connectivity index (χ4n) is 0.901. The minimum atomic E-state index is -3.94. The molecule has 8 heteroatoms. The number of hydrogen-bond donors (Lipinski definition) is 0. The summed E-state index contributed by atoms with van der Waals surface area (Å²) in [5.41, 5.74) is 0. The predicted octanol–water partition coefficient (Wildman–Crippen LogP) is 1.31. The molecule has 84 valence electrons. The van der Waals surface area contributed by atoms with Gasteiger partial charge in [0, 0.05) is 6.26 Å². The highest BCUT2D eigenvalue weighted by atomic mass is 79.9. The van der Waals surface area contributed by atoms with Gasteiger partial charge in [-0.2, -0.15) is 0 Å². The second-order valence-corrected chi connectivity index (χ2v) is 8.69. The number of sulfone groups is 1. The lowest BCUT2D eigenvalue weighted by atomic mass is 10.3.